The van der Waals surface area contributed by atoms with E-state index in [0.29, 0.717) is 39.3 Å². The summed E-state index contributed by atoms with van der Waals surface area (Å²) >= 11 is 0. The molecule has 7 heteroatoms. The molecule has 0 saturated carbocycles. The SMILES string of the molecule is COCCNCC(O)CN1CCS(=O)(=O)CC1. The Morgan fingerprint density at radius 1 is 1.41 bits per heavy atom. The second-order valence-electron chi connectivity index (χ2n) is 4.30. The summed E-state index contributed by atoms with van der Waals surface area (Å²) in [6.07, 6.45) is -0.465. The summed E-state index contributed by atoms with van der Waals surface area (Å²) in [5, 5.41) is 12.8. The lowest BCUT2D eigenvalue weighted by Crippen LogP contribution is -2.46. The van der Waals surface area contributed by atoms with E-state index in [-0.39, 0.29) is 11.5 Å². The van der Waals surface area contributed by atoms with Gasteiger partial charge in [-0.25, -0.2) is 8.42 Å². The van der Waals surface area contributed by atoms with Crippen molar-refractivity contribution in [1.82, 2.24) is 10.2 Å². The molecule has 1 aliphatic heterocycles. The molecule has 6 nitrogen and oxygen atoms in total. The quantitative estimate of drug-likeness (QED) is 0.536. The van der Waals surface area contributed by atoms with Gasteiger partial charge < -0.3 is 15.2 Å². The predicted octanol–water partition coefficient (Wildman–Crippen LogP) is -1.69. The fourth-order valence-electron chi connectivity index (χ4n) is 1.74. The molecule has 0 aromatic carbocycles. The molecule has 1 heterocycles. The number of aliphatic hydroxyl groups excluding tert-OH is 1. The third-order valence-electron chi connectivity index (χ3n) is 2.77. The fraction of sp³-hybridized carbons (Fsp3) is 1.00. The number of nitrogens with zero attached hydrogens (tertiary/aromatic N) is 1. The summed E-state index contributed by atoms with van der Waals surface area (Å²) in [5.74, 6) is 0.410. The van der Waals surface area contributed by atoms with Gasteiger partial charge in [-0.3, -0.25) is 4.90 Å². The van der Waals surface area contributed by atoms with E-state index in [2.05, 4.69) is 5.32 Å². The minimum Gasteiger partial charge on any atom is -0.390 e. The largest absolute Gasteiger partial charge is 0.390 e. The van der Waals surface area contributed by atoms with Gasteiger partial charge in [0, 0.05) is 39.8 Å². The van der Waals surface area contributed by atoms with Crippen LogP contribution < -0.4 is 5.32 Å². The van der Waals surface area contributed by atoms with Gasteiger partial charge in [0.2, 0.25) is 0 Å². The molecule has 0 amide bonds. The summed E-state index contributed by atoms with van der Waals surface area (Å²) in [5.41, 5.74) is 0. The van der Waals surface area contributed by atoms with Crippen LogP contribution in [0.3, 0.4) is 0 Å². The molecule has 1 saturated heterocycles. The molecule has 1 aliphatic rings. The number of sulfone groups is 1. The van der Waals surface area contributed by atoms with E-state index in [0.717, 1.165) is 0 Å². The first kappa shape index (κ1) is 14.8. The average Bonchev–Trinajstić information content (AvgIpc) is 2.28. The molecule has 0 bridgehead atoms. The zero-order valence-corrected chi connectivity index (χ0v) is 11.1. The van der Waals surface area contributed by atoms with Gasteiger partial charge in [0.1, 0.15) is 0 Å². The van der Waals surface area contributed by atoms with Crippen molar-refractivity contribution in [2.45, 2.75) is 6.10 Å². The molecule has 0 aliphatic carbocycles. The summed E-state index contributed by atoms with van der Waals surface area (Å²) in [7, 11) is -1.20. The number of aliphatic hydroxyl groups is 1. The van der Waals surface area contributed by atoms with Crippen LogP contribution in [-0.4, -0.2) is 82.5 Å². The van der Waals surface area contributed by atoms with Gasteiger partial charge in [-0.2, -0.15) is 0 Å². The Hall–Kier alpha value is -0.210. The number of rotatable bonds is 7. The van der Waals surface area contributed by atoms with Crippen molar-refractivity contribution in [2.75, 3.05) is 57.9 Å². The second kappa shape index (κ2) is 7.27. The van der Waals surface area contributed by atoms with Gasteiger partial charge in [0.15, 0.2) is 9.84 Å². The van der Waals surface area contributed by atoms with Gasteiger partial charge in [0.25, 0.3) is 0 Å². The van der Waals surface area contributed by atoms with Crippen molar-refractivity contribution in [3.05, 3.63) is 0 Å². The van der Waals surface area contributed by atoms with Crippen LogP contribution in [0.25, 0.3) is 0 Å². The molecule has 0 aromatic heterocycles. The lowest BCUT2D eigenvalue weighted by atomic mass is 10.3. The number of nitrogens with one attached hydrogen (secondary N) is 1. The normalized spacial score (nSPS) is 22.5. The molecule has 17 heavy (non-hydrogen) atoms. The van der Waals surface area contributed by atoms with Crippen LogP contribution in [0.15, 0.2) is 0 Å². The molecule has 102 valence electrons. The molecule has 0 aromatic rings. The molecular weight excluding hydrogens is 244 g/mol. The highest BCUT2D eigenvalue weighted by molar-refractivity contribution is 7.91. The Labute approximate surface area is 103 Å². The Bertz CT molecular complexity index is 293. The van der Waals surface area contributed by atoms with Crippen molar-refractivity contribution in [1.29, 1.82) is 0 Å². The van der Waals surface area contributed by atoms with Crippen LogP contribution in [0.1, 0.15) is 0 Å². The van der Waals surface area contributed by atoms with E-state index in [1.165, 1.54) is 0 Å². The summed E-state index contributed by atoms with van der Waals surface area (Å²) in [6.45, 7) is 3.41. The van der Waals surface area contributed by atoms with Gasteiger partial charge in [-0.15, -0.1) is 0 Å². The maximum atomic E-state index is 11.2. The molecule has 1 unspecified atom stereocenters. The maximum Gasteiger partial charge on any atom is 0.152 e. The summed E-state index contributed by atoms with van der Waals surface area (Å²) in [6, 6.07) is 0. The minimum absolute atomic E-state index is 0.205. The standard InChI is InChI=1S/C10H22N2O4S/c1-16-5-2-11-8-10(13)9-12-3-6-17(14,15)7-4-12/h10-11,13H,2-9H2,1H3. The summed E-state index contributed by atoms with van der Waals surface area (Å²) in [4.78, 5) is 1.99. The monoisotopic (exact) mass is 266 g/mol. The van der Waals surface area contributed by atoms with E-state index in [4.69, 9.17) is 4.74 Å². The molecular formula is C10H22N2O4S. The van der Waals surface area contributed by atoms with Crippen molar-refractivity contribution in [2.24, 2.45) is 0 Å². The minimum atomic E-state index is -2.83. The third kappa shape index (κ3) is 6.32. The van der Waals surface area contributed by atoms with Crippen molar-refractivity contribution < 1.29 is 18.3 Å². The molecule has 2 N–H and O–H groups in total. The average molecular weight is 266 g/mol. The zero-order chi connectivity index (χ0) is 12.7. The molecule has 0 spiro atoms. The van der Waals surface area contributed by atoms with E-state index in [1.54, 1.807) is 7.11 Å². The number of hydrogen-bond donors (Lipinski definition) is 2. The van der Waals surface area contributed by atoms with E-state index < -0.39 is 15.9 Å². The molecule has 0 radical (unpaired) electrons. The Morgan fingerprint density at radius 3 is 2.65 bits per heavy atom. The number of methoxy groups -OCH3 is 1. The first-order valence-corrected chi connectivity index (χ1v) is 7.66. The number of β-amino-alcohol motifs (C(OH)–C–C–N with tert-alkyl or cyclic N) is 1. The second-order valence-corrected chi connectivity index (χ2v) is 6.61. The number of hydrogen-bond acceptors (Lipinski definition) is 6. The topological polar surface area (TPSA) is 78.9 Å². The first-order valence-electron chi connectivity index (χ1n) is 5.84. The first-order chi connectivity index (χ1) is 8.03. The smallest absolute Gasteiger partial charge is 0.152 e. The molecule has 1 rings (SSSR count). The molecule has 1 fully saturated rings. The fourth-order valence-corrected chi connectivity index (χ4v) is 3.02. The Balaban J connectivity index is 2.12. The van der Waals surface area contributed by atoms with Gasteiger partial charge >= 0.3 is 0 Å². The van der Waals surface area contributed by atoms with Gasteiger partial charge in [-0.05, 0) is 0 Å². The Morgan fingerprint density at radius 2 is 2.06 bits per heavy atom. The highest BCUT2D eigenvalue weighted by atomic mass is 32.2. The molecule has 1 atom stereocenters. The van der Waals surface area contributed by atoms with E-state index >= 15 is 0 Å². The van der Waals surface area contributed by atoms with Crippen LogP contribution in [0.4, 0.5) is 0 Å². The highest BCUT2D eigenvalue weighted by Crippen LogP contribution is 2.04. The van der Waals surface area contributed by atoms with Crippen molar-refractivity contribution >= 4 is 9.84 Å². The van der Waals surface area contributed by atoms with E-state index in [1.807, 2.05) is 4.90 Å². The maximum absolute atomic E-state index is 11.2. The lowest BCUT2D eigenvalue weighted by Gasteiger charge is -2.28. The van der Waals surface area contributed by atoms with Crippen molar-refractivity contribution in [3.63, 3.8) is 0 Å². The van der Waals surface area contributed by atoms with E-state index in [9.17, 15) is 13.5 Å². The zero-order valence-electron chi connectivity index (χ0n) is 10.3. The van der Waals surface area contributed by atoms with Crippen LogP contribution in [-0.2, 0) is 14.6 Å². The van der Waals surface area contributed by atoms with Crippen LogP contribution in [0.2, 0.25) is 0 Å². The number of ether oxygens (including phenoxy) is 1. The van der Waals surface area contributed by atoms with Crippen LogP contribution in [0.5, 0.6) is 0 Å². The van der Waals surface area contributed by atoms with Crippen LogP contribution in [0, 0.1) is 0 Å². The summed E-state index contributed by atoms with van der Waals surface area (Å²) < 4.78 is 27.3. The highest BCUT2D eigenvalue weighted by Gasteiger charge is 2.22. The Kier molecular flexibility index (Phi) is 6.35. The van der Waals surface area contributed by atoms with Gasteiger partial charge in [0.05, 0.1) is 24.2 Å². The van der Waals surface area contributed by atoms with Crippen LogP contribution >= 0.6 is 0 Å². The lowest BCUT2D eigenvalue weighted by molar-refractivity contribution is 0.112. The third-order valence-corrected chi connectivity index (χ3v) is 4.38. The van der Waals surface area contributed by atoms with Gasteiger partial charge in [-0.1, -0.05) is 0 Å². The van der Waals surface area contributed by atoms with Crippen molar-refractivity contribution in [3.8, 4) is 0 Å². The predicted molar refractivity (Wildman–Crippen MR) is 65.8 cm³/mol.